The number of methoxy groups -OCH3 is 1. The molecule has 0 atom stereocenters. The molecule has 0 bridgehead atoms. The number of likely N-dealkylation sites (N-methyl/N-ethyl adjacent to an activating group) is 1. The number of nitrogens with one attached hydrogen (secondary N) is 4. The van der Waals surface area contributed by atoms with E-state index in [0.29, 0.717) is 24.7 Å². The number of urea groups is 2. The molecule has 4 N–H and O–H groups in total. The van der Waals surface area contributed by atoms with Crippen LogP contribution in [0.15, 0.2) is 54.9 Å². The minimum Gasteiger partial charge on any atom is -0.497 e. The number of carbonyl (C=O) groups is 2. The topological polar surface area (TPSA) is 148 Å². The van der Waals surface area contributed by atoms with Crippen LogP contribution in [-0.4, -0.2) is 71.0 Å². The molecule has 2 heterocycles. The van der Waals surface area contributed by atoms with Gasteiger partial charge >= 0.3 is 12.1 Å². The molecule has 2 aromatic carbocycles. The molecule has 2 aromatic heterocycles. The predicted octanol–water partition coefficient (Wildman–Crippen LogP) is 6.39. The zero-order chi connectivity index (χ0) is 32.7. The summed E-state index contributed by atoms with van der Waals surface area (Å²) >= 11 is 13.0. The van der Waals surface area contributed by atoms with Crippen LogP contribution < -0.4 is 30.7 Å². The van der Waals surface area contributed by atoms with Gasteiger partial charge in [-0.2, -0.15) is 5.10 Å². The third-order valence-electron chi connectivity index (χ3n) is 6.27. The van der Waals surface area contributed by atoms with Crippen molar-refractivity contribution in [2.45, 2.75) is 26.2 Å². The van der Waals surface area contributed by atoms with Crippen LogP contribution in [0.25, 0.3) is 5.69 Å². The normalized spacial score (nSPS) is 11.2. The summed E-state index contributed by atoms with van der Waals surface area (Å²) < 4.78 is 12.7. The van der Waals surface area contributed by atoms with Crippen LogP contribution in [0.5, 0.6) is 17.4 Å². The monoisotopic (exact) mass is 655 g/mol. The lowest BCUT2D eigenvalue weighted by atomic mass is 9.92. The lowest BCUT2D eigenvalue weighted by Gasteiger charge is -2.14. The number of hydrogen-bond donors (Lipinski definition) is 4. The minimum atomic E-state index is -0.563. The third-order valence-corrected chi connectivity index (χ3v) is 7.14. The first-order valence-electron chi connectivity index (χ1n) is 13.8. The Balaban J connectivity index is 1.45. The van der Waals surface area contributed by atoms with Gasteiger partial charge in [-0.05, 0) is 50.5 Å². The first-order valence-corrected chi connectivity index (χ1v) is 14.6. The number of benzene rings is 2. The van der Waals surface area contributed by atoms with Crippen molar-refractivity contribution in [2.24, 2.45) is 0 Å². The molecule has 0 spiro atoms. The van der Waals surface area contributed by atoms with E-state index in [-0.39, 0.29) is 38.6 Å². The Morgan fingerprint density at radius 2 is 1.67 bits per heavy atom. The molecule has 15 heteroatoms. The molecule has 0 saturated carbocycles. The predicted molar refractivity (Wildman–Crippen MR) is 176 cm³/mol. The number of hydrogen-bond acceptors (Lipinski definition) is 8. The van der Waals surface area contributed by atoms with Gasteiger partial charge in [0.05, 0.1) is 29.2 Å². The zero-order valence-corrected chi connectivity index (χ0v) is 27.2. The highest BCUT2D eigenvalue weighted by molar-refractivity contribution is 6.45. The summed E-state index contributed by atoms with van der Waals surface area (Å²) in [6, 6.07) is 12.7. The summed E-state index contributed by atoms with van der Waals surface area (Å²) in [4.78, 5) is 35.3. The minimum absolute atomic E-state index is 0.0438. The number of rotatable bonds is 10. The molecule has 0 fully saturated rings. The fourth-order valence-corrected chi connectivity index (χ4v) is 4.27. The Labute approximate surface area is 271 Å². The summed E-state index contributed by atoms with van der Waals surface area (Å²) in [7, 11) is 5.41. The number of anilines is 3. The van der Waals surface area contributed by atoms with E-state index in [1.165, 1.54) is 18.5 Å². The first kappa shape index (κ1) is 33.3. The van der Waals surface area contributed by atoms with Gasteiger partial charge in [-0.25, -0.2) is 24.2 Å². The summed E-state index contributed by atoms with van der Waals surface area (Å²) in [5.41, 5.74) is 1.50. The van der Waals surface area contributed by atoms with E-state index in [1.54, 1.807) is 17.9 Å². The van der Waals surface area contributed by atoms with Crippen LogP contribution in [0.2, 0.25) is 10.0 Å². The van der Waals surface area contributed by atoms with Gasteiger partial charge in [0.15, 0.2) is 0 Å². The van der Waals surface area contributed by atoms with Gasteiger partial charge in [0.2, 0.25) is 5.88 Å². The number of amides is 4. The van der Waals surface area contributed by atoms with E-state index >= 15 is 0 Å². The second kappa shape index (κ2) is 14.5. The zero-order valence-electron chi connectivity index (χ0n) is 25.7. The van der Waals surface area contributed by atoms with E-state index < -0.39 is 12.1 Å². The number of aromatic nitrogens is 4. The Morgan fingerprint density at radius 3 is 2.33 bits per heavy atom. The van der Waals surface area contributed by atoms with Crippen molar-refractivity contribution in [3.8, 4) is 23.1 Å². The second-order valence-corrected chi connectivity index (χ2v) is 11.9. The van der Waals surface area contributed by atoms with E-state index in [9.17, 15) is 9.59 Å². The molecule has 0 saturated heterocycles. The fraction of sp³-hybridized carbons (Fsp3) is 0.300. The molecule has 4 rings (SSSR count). The third kappa shape index (κ3) is 8.97. The SMILES string of the molecule is COc1ccc(-n2nc(C(C)(C)C)cc2NC(=O)Nc2ccc(Oc3cc(NC(=O)NCCN(C)C)ncn3)c(Cl)c2Cl)cc1. The molecular formula is C30H35Cl2N9O4. The maximum atomic E-state index is 13.1. The molecule has 0 aliphatic heterocycles. The summed E-state index contributed by atoms with van der Waals surface area (Å²) in [6.07, 6.45) is 1.24. The average molecular weight is 657 g/mol. The second-order valence-electron chi connectivity index (χ2n) is 11.1. The van der Waals surface area contributed by atoms with E-state index in [2.05, 4.69) is 31.2 Å². The van der Waals surface area contributed by atoms with Gasteiger partial charge in [0, 0.05) is 30.6 Å². The van der Waals surface area contributed by atoms with E-state index in [0.717, 1.165) is 11.4 Å². The van der Waals surface area contributed by atoms with Crippen molar-refractivity contribution in [3.05, 3.63) is 70.6 Å². The van der Waals surface area contributed by atoms with Gasteiger partial charge in [-0.1, -0.05) is 44.0 Å². The largest absolute Gasteiger partial charge is 0.497 e. The fourth-order valence-electron chi connectivity index (χ4n) is 3.86. The Kier molecular flexibility index (Phi) is 10.7. The molecule has 13 nitrogen and oxygen atoms in total. The standard InChI is InChI=1S/C30H35Cl2N9O4/c1-30(2,3)22-15-24(41(39-22)18-7-9-19(44-6)10-8-18)38-29(43)36-20-11-12-21(27(32)26(20)31)45-25-16-23(34-17-35-25)37-28(42)33-13-14-40(4)5/h7-12,15-17H,13-14H2,1-6H3,(H2,36,38,43)(H2,33,34,35,37,42). The van der Waals surface area contributed by atoms with Gasteiger partial charge in [-0.15, -0.1) is 0 Å². The molecule has 45 heavy (non-hydrogen) atoms. The Bertz CT molecular complexity index is 1650. The smallest absolute Gasteiger partial charge is 0.324 e. The number of ether oxygens (including phenoxy) is 2. The highest BCUT2D eigenvalue weighted by atomic mass is 35.5. The van der Waals surface area contributed by atoms with Crippen LogP contribution in [0, 0.1) is 0 Å². The van der Waals surface area contributed by atoms with Gasteiger partial charge in [-0.3, -0.25) is 10.6 Å². The van der Waals surface area contributed by atoms with Crippen LogP contribution in [-0.2, 0) is 5.41 Å². The van der Waals surface area contributed by atoms with Crippen molar-refractivity contribution in [3.63, 3.8) is 0 Å². The van der Waals surface area contributed by atoms with Crippen LogP contribution >= 0.6 is 23.2 Å². The number of carbonyl (C=O) groups excluding carboxylic acids is 2. The molecular weight excluding hydrogens is 621 g/mol. The first-order chi connectivity index (χ1) is 21.3. The van der Waals surface area contributed by atoms with E-state index in [1.807, 2.05) is 70.1 Å². The highest BCUT2D eigenvalue weighted by Crippen LogP contribution is 2.39. The van der Waals surface area contributed by atoms with Crippen molar-refractivity contribution in [1.82, 2.24) is 30.0 Å². The Morgan fingerprint density at radius 1 is 0.933 bits per heavy atom. The van der Waals surface area contributed by atoms with Crippen molar-refractivity contribution < 1.29 is 19.1 Å². The molecule has 4 amide bonds. The van der Waals surface area contributed by atoms with E-state index in [4.69, 9.17) is 37.8 Å². The maximum absolute atomic E-state index is 13.1. The van der Waals surface area contributed by atoms with Crippen molar-refractivity contribution >= 4 is 52.6 Å². The summed E-state index contributed by atoms with van der Waals surface area (Å²) in [5, 5.41) is 15.7. The van der Waals surface area contributed by atoms with Gasteiger partial charge in [0.25, 0.3) is 0 Å². The van der Waals surface area contributed by atoms with Crippen molar-refractivity contribution in [1.29, 1.82) is 0 Å². The lowest BCUT2D eigenvalue weighted by Crippen LogP contribution is -2.34. The molecule has 4 aromatic rings. The van der Waals surface area contributed by atoms with Crippen LogP contribution in [0.1, 0.15) is 26.5 Å². The molecule has 238 valence electrons. The number of halogens is 2. The lowest BCUT2D eigenvalue weighted by molar-refractivity contribution is 0.250. The maximum Gasteiger partial charge on any atom is 0.324 e. The van der Waals surface area contributed by atoms with Crippen molar-refractivity contribution in [2.75, 3.05) is 50.2 Å². The summed E-state index contributed by atoms with van der Waals surface area (Å²) in [5.74, 6) is 1.67. The highest BCUT2D eigenvalue weighted by Gasteiger charge is 2.22. The molecule has 0 unspecified atom stereocenters. The van der Waals surface area contributed by atoms with Crippen LogP contribution in [0.3, 0.4) is 0 Å². The molecule has 0 aliphatic carbocycles. The molecule has 0 aliphatic rings. The quantitative estimate of drug-likeness (QED) is 0.154. The average Bonchev–Trinajstić information content (AvgIpc) is 3.41. The van der Waals surface area contributed by atoms with Gasteiger partial charge < -0.3 is 25.0 Å². The molecule has 0 radical (unpaired) electrons. The number of nitrogens with zero attached hydrogens (tertiary/aromatic N) is 5. The van der Waals surface area contributed by atoms with Crippen LogP contribution in [0.4, 0.5) is 26.9 Å². The van der Waals surface area contributed by atoms with Gasteiger partial charge in [0.1, 0.15) is 34.5 Å². The Hall–Kier alpha value is -4.59. The summed E-state index contributed by atoms with van der Waals surface area (Å²) in [6.45, 7) is 7.25.